The Hall–Kier alpha value is -2.08. The lowest BCUT2D eigenvalue weighted by Crippen LogP contribution is -2.40. The fourth-order valence-corrected chi connectivity index (χ4v) is 3.82. The van der Waals surface area contributed by atoms with Gasteiger partial charge in [0, 0.05) is 38.3 Å². The average molecular weight is 372 g/mol. The minimum atomic E-state index is 0.230. The Bertz CT molecular complexity index is 642. The summed E-state index contributed by atoms with van der Waals surface area (Å²) in [6.45, 7) is 11.1. The summed E-state index contributed by atoms with van der Waals surface area (Å²) < 4.78 is 0. The van der Waals surface area contributed by atoms with Gasteiger partial charge in [-0.05, 0) is 56.5 Å². The number of carbonyl (C=O) groups excluding carboxylic acids is 1. The fraction of sp³-hybridized carbons (Fsp3) is 0.619. The van der Waals surface area contributed by atoms with Crippen molar-refractivity contribution >= 4 is 17.6 Å². The quantitative estimate of drug-likeness (QED) is 0.570. The third-order valence-corrected chi connectivity index (χ3v) is 5.46. The summed E-state index contributed by atoms with van der Waals surface area (Å²) >= 11 is 0. The Morgan fingerprint density at radius 2 is 2.00 bits per heavy atom. The van der Waals surface area contributed by atoms with Crippen LogP contribution in [0.5, 0.6) is 0 Å². The van der Waals surface area contributed by atoms with E-state index < -0.39 is 0 Å². The molecule has 6 heteroatoms. The number of benzene rings is 1. The van der Waals surface area contributed by atoms with E-state index in [2.05, 4.69) is 41.5 Å². The topological polar surface area (TPSA) is 60.0 Å². The van der Waals surface area contributed by atoms with E-state index in [1.165, 1.54) is 19.5 Å². The minimum Gasteiger partial charge on any atom is -0.357 e. The van der Waals surface area contributed by atoms with Crippen molar-refractivity contribution in [1.29, 1.82) is 0 Å². The van der Waals surface area contributed by atoms with E-state index in [9.17, 15) is 4.79 Å². The first-order valence-electron chi connectivity index (χ1n) is 10.3. The van der Waals surface area contributed by atoms with Crippen LogP contribution in [0.1, 0.15) is 38.7 Å². The molecule has 1 amide bonds. The maximum atomic E-state index is 11.9. The van der Waals surface area contributed by atoms with Crippen molar-refractivity contribution in [2.75, 3.05) is 44.2 Å². The molecule has 1 atom stereocenters. The molecule has 2 aliphatic rings. The van der Waals surface area contributed by atoms with Gasteiger partial charge in [0.15, 0.2) is 5.96 Å². The number of hydrogen-bond acceptors (Lipinski definition) is 3. The molecule has 0 aromatic heterocycles. The number of guanidine groups is 1. The number of rotatable bonds is 7. The molecule has 27 heavy (non-hydrogen) atoms. The van der Waals surface area contributed by atoms with Crippen LogP contribution in [-0.4, -0.2) is 56.0 Å². The molecule has 0 bridgehead atoms. The lowest BCUT2D eigenvalue weighted by atomic mass is 10.1. The van der Waals surface area contributed by atoms with Crippen LogP contribution in [0.25, 0.3) is 0 Å². The second-order valence-corrected chi connectivity index (χ2v) is 7.44. The Morgan fingerprint density at radius 1 is 1.19 bits per heavy atom. The van der Waals surface area contributed by atoms with Gasteiger partial charge in [0.2, 0.25) is 5.91 Å². The molecule has 1 aromatic rings. The van der Waals surface area contributed by atoms with Crippen LogP contribution in [0.3, 0.4) is 0 Å². The van der Waals surface area contributed by atoms with Gasteiger partial charge in [0.05, 0.1) is 6.54 Å². The van der Waals surface area contributed by atoms with Gasteiger partial charge < -0.3 is 20.4 Å². The standard InChI is InChI=1S/C21H33N5O/c1-3-22-21(24-15-18-11-13-25(4-2)16-18)23-14-17-7-9-19(10-8-17)26-12-5-6-20(26)27/h7-10,18H,3-6,11-16H2,1-2H3,(H2,22,23,24). The molecule has 2 saturated heterocycles. The first kappa shape index (κ1) is 19.7. The van der Waals surface area contributed by atoms with Crippen LogP contribution >= 0.6 is 0 Å². The first-order chi connectivity index (χ1) is 13.2. The highest BCUT2D eigenvalue weighted by atomic mass is 16.2. The first-order valence-corrected chi connectivity index (χ1v) is 10.3. The predicted molar refractivity (Wildman–Crippen MR) is 111 cm³/mol. The van der Waals surface area contributed by atoms with Crippen molar-refractivity contribution in [3.8, 4) is 0 Å². The molecule has 6 nitrogen and oxygen atoms in total. The summed E-state index contributed by atoms with van der Waals surface area (Å²) in [4.78, 5) is 21.0. The van der Waals surface area contributed by atoms with Crippen molar-refractivity contribution in [3.05, 3.63) is 29.8 Å². The second-order valence-electron chi connectivity index (χ2n) is 7.44. The minimum absolute atomic E-state index is 0.230. The van der Waals surface area contributed by atoms with E-state index in [0.717, 1.165) is 49.8 Å². The van der Waals surface area contributed by atoms with Gasteiger partial charge in [-0.2, -0.15) is 0 Å². The molecule has 2 aliphatic heterocycles. The molecule has 0 saturated carbocycles. The van der Waals surface area contributed by atoms with E-state index in [4.69, 9.17) is 4.99 Å². The third-order valence-electron chi connectivity index (χ3n) is 5.46. The molecule has 0 radical (unpaired) electrons. The van der Waals surface area contributed by atoms with Crippen molar-refractivity contribution in [3.63, 3.8) is 0 Å². The number of aliphatic imine (C=N–C) groups is 1. The summed E-state index contributed by atoms with van der Waals surface area (Å²) in [7, 11) is 0. The number of amides is 1. The highest BCUT2D eigenvalue weighted by Gasteiger charge is 2.22. The molecular weight excluding hydrogens is 338 g/mol. The van der Waals surface area contributed by atoms with Crippen molar-refractivity contribution < 1.29 is 4.79 Å². The Morgan fingerprint density at radius 3 is 2.63 bits per heavy atom. The SMILES string of the molecule is CCNC(=NCc1ccc(N2CCCC2=O)cc1)NCC1CCN(CC)C1. The Labute approximate surface area is 163 Å². The summed E-state index contributed by atoms with van der Waals surface area (Å²) in [6.07, 6.45) is 2.89. The van der Waals surface area contributed by atoms with Crippen LogP contribution in [0.2, 0.25) is 0 Å². The van der Waals surface area contributed by atoms with E-state index in [1.54, 1.807) is 0 Å². The monoisotopic (exact) mass is 371 g/mol. The van der Waals surface area contributed by atoms with Crippen molar-refractivity contribution in [2.24, 2.45) is 10.9 Å². The molecule has 1 aromatic carbocycles. The largest absolute Gasteiger partial charge is 0.357 e. The molecule has 2 fully saturated rings. The summed E-state index contributed by atoms with van der Waals surface area (Å²) in [5, 5.41) is 6.84. The lowest BCUT2D eigenvalue weighted by molar-refractivity contribution is -0.117. The summed E-state index contributed by atoms with van der Waals surface area (Å²) in [6, 6.07) is 8.22. The summed E-state index contributed by atoms with van der Waals surface area (Å²) in [5.74, 6) is 1.81. The number of nitrogens with zero attached hydrogens (tertiary/aromatic N) is 3. The van der Waals surface area contributed by atoms with Gasteiger partial charge in [0.25, 0.3) is 0 Å². The maximum Gasteiger partial charge on any atom is 0.227 e. The molecule has 3 rings (SSSR count). The van der Waals surface area contributed by atoms with E-state index >= 15 is 0 Å². The molecular formula is C21H33N5O. The zero-order chi connectivity index (χ0) is 19.1. The second kappa shape index (κ2) is 9.74. The van der Waals surface area contributed by atoms with Gasteiger partial charge >= 0.3 is 0 Å². The Balaban J connectivity index is 1.52. The molecule has 2 heterocycles. The number of anilines is 1. The van der Waals surface area contributed by atoms with Gasteiger partial charge in [-0.25, -0.2) is 4.99 Å². The number of hydrogen-bond donors (Lipinski definition) is 2. The molecule has 2 N–H and O–H groups in total. The van der Waals surface area contributed by atoms with Crippen LogP contribution in [0.4, 0.5) is 5.69 Å². The number of nitrogens with one attached hydrogen (secondary N) is 2. The predicted octanol–water partition coefficient (Wildman–Crippen LogP) is 2.21. The van der Waals surface area contributed by atoms with Gasteiger partial charge in [-0.1, -0.05) is 19.1 Å². The number of carbonyl (C=O) groups is 1. The zero-order valence-electron chi connectivity index (χ0n) is 16.7. The van der Waals surface area contributed by atoms with E-state index in [-0.39, 0.29) is 5.91 Å². The molecule has 1 unspecified atom stereocenters. The number of likely N-dealkylation sites (tertiary alicyclic amines) is 1. The van der Waals surface area contributed by atoms with Crippen LogP contribution in [0, 0.1) is 5.92 Å². The molecule has 148 valence electrons. The van der Waals surface area contributed by atoms with Gasteiger partial charge in [-0.15, -0.1) is 0 Å². The summed E-state index contributed by atoms with van der Waals surface area (Å²) in [5.41, 5.74) is 2.15. The van der Waals surface area contributed by atoms with Crippen molar-refractivity contribution in [1.82, 2.24) is 15.5 Å². The van der Waals surface area contributed by atoms with Gasteiger partial charge in [0.1, 0.15) is 0 Å². The van der Waals surface area contributed by atoms with E-state index in [0.29, 0.717) is 18.9 Å². The molecule has 0 spiro atoms. The van der Waals surface area contributed by atoms with Gasteiger partial charge in [-0.3, -0.25) is 4.79 Å². The molecule has 0 aliphatic carbocycles. The van der Waals surface area contributed by atoms with Crippen LogP contribution in [-0.2, 0) is 11.3 Å². The normalized spacial score (nSPS) is 21.1. The van der Waals surface area contributed by atoms with Crippen LogP contribution < -0.4 is 15.5 Å². The average Bonchev–Trinajstić information content (AvgIpc) is 3.33. The fourth-order valence-electron chi connectivity index (χ4n) is 3.82. The van der Waals surface area contributed by atoms with Crippen LogP contribution in [0.15, 0.2) is 29.3 Å². The lowest BCUT2D eigenvalue weighted by Gasteiger charge is -2.17. The smallest absolute Gasteiger partial charge is 0.227 e. The maximum absolute atomic E-state index is 11.9. The van der Waals surface area contributed by atoms with Crippen molar-refractivity contribution in [2.45, 2.75) is 39.7 Å². The highest BCUT2D eigenvalue weighted by Crippen LogP contribution is 2.21. The highest BCUT2D eigenvalue weighted by molar-refractivity contribution is 5.95. The third kappa shape index (κ3) is 5.45. The zero-order valence-corrected chi connectivity index (χ0v) is 16.7. The Kier molecular flexibility index (Phi) is 7.10. The van der Waals surface area contributed by atoms with E-state index in [1.807, 2.05) is 17.0 Å².